The van der Waals surface area contributed by atoms with Crippen LogP contribution in [-0.4, -0.2) is 27.6 Å². The van der Waals surface area contributed by atoms with Gasteiger partial charge in [-0.05, 0) is 23.8 Å². The van der Waals surface area contributed by atoms with Crippen molar-refractivity contribution in [1.29, 1.82) is 0 Å². The molecule has 1 fully saturated rings. The Bertz CT molecular complexity index is 877. The van der Waals surface area contributed by atoms with E-state index in [1.165, 1.54) is 16.7 Å². The number of thioether (sulfide) groups is 1. The van der Waals surface area contributed by atoms with Crippen molar-refractivity contribution < 1.29 is 9.59 Å². The van der Waals surface area contributed by atoms with E-state index in [-0.39, 0.29) is 18.4 Å². The van der Waals surface area contributed by atoms with E-state index in [1.807, 2.05) is 60.7 Å². The van der Waals surface area contributed by atoms with Gasteiger partial charge in [0, 0.05) is 5.69 Å². The number of nitrogens with one attached hydrogen (secondary N) is 1. The first-order valence-electron chi connectivity index (χ1n) is 7.95. The second-order valence-electron chi connectivity index (χ2n) is 5.47. The number of thiocarbonyl (C=S) groups is 1. The molecular weight excluding hydrogens is 364 g/mol. The monoisotopic (exact) mass is 380 g/mol. The van der Waals surface area contributed by atoms with E-state index in [0.29, 0.717) is 14.9 Å². The van der Waals surface area contributed by atoms with Gasteiger partial charge in [0.05, 0.1) is 4.91 Å². The Kier molecular flexibility index (Phi) is 5.99. The molecule has 1 aliphatic heterocycles. The molecule has 0 radical (unpaired) electrons. The third-order valence-corrected chi connectivity index (χ3v) is 4.96. The maximum Gasteiger partial charge on any atom is 0.266 e. The van der Waals surface area contributed by atoms with Crippen LogP contribution in [0, 0.1) is 0 Å². The minimum absolute atomic E-state index is 0.0979. The van der Waals surface area contributed by atoms with Crippen molar-refractivity contribution >= 4 is 51.9 Å². The molecule has 1 saturated heterocycles. The predicted molar refractivity (Wildman–Crippen MR) is 111 cm³/mol. The van der Waals surface area contributed by atoms with Gasteiger partial charge in [0.25, 0.3) is 5.91 Å². The molecule has 0 aliphatic carbocycles. The average Bonchev–Trinajstić information content (AvgIpc) is 2.91. The van der Waals surface area contributed by atoms with E-state index in [2.05, 4.69) is 5.32 Å². The number of amides is 2. The molecule has 0 saturated carbocycles. The summed E-state index contributed by atoms with van der Waals surface area (Å²) in [7, 11) is 0. The van der Waals surface area contributed by atoms with Gasteiger partial charge in [-0.2, -0.15) is 0 Å². The Morgan fingerprint density at radius 1 is 1.08 bits per heavy atom. The van der Waals surface area contributed by atoms with Crippen LogP contribution in [0.15, 0.2) is 77.7 Å². The molecule has 2 amide bonds. The minimum atomic E-state index is -0.284. The smallest absolute Gasteiger partial charge is 0.266 e. The van der Waals surface area contributed by atoms with E-state index >= 15 is 0 Å². The van der Waals surface area contributed by atoms with Gasteiger partial charge in [-0.25, -0.2) is 0 Å². The lowest BCUT2D eigenvalue weighted by Gasteiger charge is -2.14. The fourth-order valence-corrected chi connectivity index (χ4v) is 3.53. The van der Waals surface area contributed by atoms with E-state index in [0.717, 1.165) is 5.56 Å². The number of hydrogen-bond donors (Lipinski definition) is 1. The van der Waals surface area contributed by atoms with Crippen molar-refractivity contribution in [2.24, 2.45) is 0 Å². The van der Waals surface area contributed by atoms with Crippen LogP contribution < -0.4 is 5.32 Å². The molecular formula is C20H16N2O2S2. The highest BCUT2D eigenvalue weighted by Gasteiger charge is 2.32. The summed E-state index contributed by atoms with van der Waals surface area (Å²) in [5, 5.41) is 2.75. The topological polar surface area (TPSA) is 49.4 Å². The van der Waals surface area contributed by atoms with Crippen LogP contribution in [0.3, 0.4) is 0 Å². The summed E-state index contributed by atoms with van der Waals surface area (Å²) in [5.74, 6) is -0.533. The summed E-state index contributed by atoms with van der Waals surface area (Å²) in [6.45, 7) is -0.0979. The van der Waals surface area contributed by atoms with Gasteiger partial charge in [-0.1, -0.05) is 84.7 Å². The molecule has 4 nitrogen and oxygen atoms in total. The van der Waals surface area contributed by atoms with Gasteiger partial charge in [0.1, 0.15) is 10.9 Å². The summed E-state index contributed by atoms with van der Waals surface area (Å²) in [5.41, 5.74) is 1.73. The SMILES string of the molecule is O=C(CN1C(=O)C(=CC=Cc2ccccc2)SC1=S)Nc1ccccc1. The summed E-state index contributed by atoms with van der Waals surface area (Å²) in [6.07, 6.45) is 5.45. The molecule has 1 aliphatic rings. The summed E-state index contributed by atoms with van der Waals surface area (Å²) in [4.78, 5) is 26.5. The van der Waals surface area contributed by atoms with Crippen molar-refractivity contribution in [3.8, 4) is 0 Å². The third kappa shape index (κ3) is 4.68. The first-order chi connectivity index (χ1) is 12.6. The number of carbonyl (C=O) groups is 2. The largest absolute Gasteiger partial charge is 0.325 e. The van der Waals surface area contributed by atoms with Gasteiger partial charge >= 0.3 is 0 Å². The first kappa shape index (κ1) is 18.1. The maximum absolute atomic E-state index is 12.5. The number of hydrogen-bond acceptors (Lipinski definition) is 4. The fraction of sp³-hybridized carbons (Fsp3) is 0.0500. The summed E-state index contributed by atoms with van der Waals surface area (Å²) < 4.78 is 0.387. The second-order valence-corrected chi connectivity index (χ2v) is 7.15. The Morgan fingerprint density at radius 3 is 2.42 bits per heavy atom. The molecule has 130 valence electrons. The van der Waals surface area contributed by atoms with E-state index < -0.39 is 0 Å². The lowest BCUT2D eigenvalue weighted by Crippen LogP contribution is -2.36. The Balaban J connectivity index is 1.62. The molecule has 0 atom stereocenters. The van der Waals surface area contributed by atoms with Crippen LogP contribution in [0.5, 0.6) is 0 Å². The normalized spacial score (nSPS) is 15.8. The average molecular weight is 380 g/mol. The number of anilines is 1. The van der Waals surface area contributed by atoms with Crippen molar-refractivity contribution in [1.82, 2.24) is 4.90 Å². The zero-order valence-electron chi connectivity index (χ0n) is 13.8. The molecule has 3 rings (SSSR count). The van der Waals surface area contributed by atoms with E-state index in [4.69, 9.17) is 12.2 Å². The van der Waals surface area contributed by atoms with Gasteiger partial charge < -0.3 is 5.32 Å². The quantitative estimate of drug-likeness (QED) is 0.627. The Hall–Kier alpha value is -2.70. The van der Waals surface area contributed by atoms with Gasteiger partial charge in [-0.3, -0.25) is 14.5 Å². The summed E-state index contributed by atoms with van der Waals surface area (Å²) >= 11 is 6.45. The third-order valence-electron chi connectivity index (χ3n) is 3.57. The van der Waals surface area contributed by atoms with E-state index in [9.17, 15) is 9.59 Å². The second kappa shape index (κ2) is 8.60. The number of benzene rings is 2. The lowest BCUT2D eigenvalue weighted by molar-refractivity contribution is -0.126. The highest BCUT2D eigenvalue weighted by atomic mass is 32.2. The highest BCUT2D eigenvalue weighted by molar-refractivity contribution is 8.26. The Morgan fingerprint density at radius 2 is 1.73 bits per heavy atom. The van der Waals surface area contributed by atoms with Crippen LogP contribution in [0.25, 0.3) is 6.08 Å². The fourth-order valence-electron chi connectivity index (χ4n) is 2.33. The minimum Gasteiger partial charge on any atom is -0.325 e. The molecule has 0 spiro atoms. The molecule has 2 aromatic rings. The van der Waals surface area contributed by atoms with Crippen LogP contribution >= 0.6 is 24.0 Å². The van der Waals surface area contributed by atoms with E-state index in [1.54, 1.807) is 18.2 Å². The molecule has 2 aromatic carbocycles. The molecule has 0 aromatic heterocycles. The number of nitrogens with zero attached hydrogens (tertiary/aromatic N) is 1. The van der Waals surface area contributed by atoms with Crippen LogP contribution in [0.1, 0.15) is 5.56 Å². The zero-order chi connectivity index (χ0) is 18.4. The van der Waals surface area contributed by atoms with Crippen LogP contribution in [-0.2, 0) is 9.59 Å². The molecule has 6 heteroatoms. The highest BCUT2D eigenvalue weighted by Crippen LogP contribution is 2.30. The van der Waals surface area contributed by atoms with Gasteiger partial charge in [0.15, 0.2) is 0 Å². The lowest BCUT2D eigenvalue weighted by atomic mass is 10.2. The molecule has 26 heavy (non-hydrogen) atoms. The van der Waals surface area contributed by atoms with Crippen molar-refractivity contribution in [3.05, 3.63) is 83.3 Å². The van der Waals surface area contributed by atoms with Gasteiger partial charge in [0.2, 0.25) is 5.91 Å². The molecule has 0 unspecified atom stereocenters. The first-order valence-corrected chi connectivity index (χ1v) is 9.18. The molecule has 0 bridgehead atoms. The standard InChI is InChI=1S/C20H16N2O2S2/c23-18(21-16-11-5-2-6-12-16)14-22-19(24)17(26-20(22)25)13-7-10-15-8-3-1-4-9-15/h1-13H,14H2,(H,21,23). The van der Waals surface area contributed by atoms with Crippen molar-refractivity contribution in [3.63, 3.8) is 0 Å². The molecule has 1 N–H and O–H groups in total. The number of para-hydroxylation sites is 1. The Labute approximate surface area is 161 Å². The number of rotatable bonds is 5. The van der Waals surface area contributed by atoms with Crippen LogP contribution in [0.2, 0.25) is 0 Å². The van der Waals surface area contributed by atoms with Gasteiger partial charge in [-0.15, -0.1) is 0 Å². The number of allylic oxidation sites excluding steroid dienone is 2. The van der Waals surface area contributed by atoms with Crippen molar-refractivity contribution in [2.45, 2.75) is 0 Å². The predicted octanol–water partition coefficient (Wildman–Crippen LogP) is 4.08. The maximum atomic E-state index is 12.5. The zero-order valence-corrected chi connectivity index (χ0v) is 15.4. The van der Waals surface area contributed by atoms with Crippen molar-refractivity contribution in [2.75, 3.05) is 11.9 Å². The summed E-state index contributed by atoms with van der Waals surface area (Å²) in [6, 6.07) is 18.9. The number of carbonyl (C=O) groups excluding carboxylic acids is 2. The van der Waals surface area contributed by atoms with Crippen LogP contribution in [0.4, 0.5) is 5.69 Å². The molecule has 1 heterocycles.